The van der Waals surface area contributed by atoms with E-state index in [1.165, 1.54) is 0 Å². The number of halogens is 10. The largest absolute Gasteiger partial charge is 0.338 e. The van der Waals surface area contributed by atoms with Crippen molar-refractivity contribution in [1.29, 1.82) is 0 Å². The molecular formula is C42H22Br8Cl2N4. The van der Waals surface area contributed by atoms with Crippen molar-refractivity contribution >= 4 is 173 Å². The van der Waals surface area contributed by atoms with Crippen molar-refractivity contribution in [2.75, 3.05) is 9.80 Å². The van der Waals surface area contributed by atoms with Gasteiger partial charge in [0.2, 0.25) is 0 Å². The molecule has 14 heteroatoms. The third-order valence-electron chi connectivity index (χ3n) is 9.15. The molecule has 0 spiro atoms. The van der Waals surface area contributed by atoms with Crippen molar-refractivity contribution < 1.29 is 0 Å². The topological polar surface area (TPSA) is 35.2 Å². The molecule has 7 aromatic rings. The molecule has 8 rings (SSSR count). The quantitative estimate of drug-likeness (QED) is 0.173. The third-order valence-corrected chi connectivity index (χ3v) is 14.4. The summed E-state index contributed by atoms with van der Waals surface area (Å²) >= 11 is 44.8. The number of imidazole rings is 1. The Morgan fingerprint density at radius 2 is 0.839 bits per heavy atom. The van der Waals surface area contributed by atoms with E-state index in [0.29, 0.717) is 15.9 Å². The Kier molecular flexibility index (Phi) is 12.5. The molecule has 1 aliphatic heterocycles. The number of benzene rings is 6. The minimum atomic E-state index is -0.651. The molecule has 0 unspecified atom stereocenters. The smallest absolute Gasteiger partial charge is 0.170 e. The first-order valence-electron chi connectivity index (χ1n) is 16.6. The monoisotopic (exact) mass is 1280 g/mol. The molecule has 56 heavy (non-hydrogen) atoms. The number of hydrogen-bond donors (Lipinski definition) is 1. The van der Waals surface area contributed by atoms with Gasteiger partial charge in [0.05, 0.1) is 44.2 Å². The molecule has 0 radical (unpaired) electrons. The van der Waals surface area contributed by atoms with Gasteiger partial charge in [0, 0.05) is 58.0 Å². The van der Waals surface area contributed by atoms with E-state index in [1.807, 2.05) is 97.1 Å². The van der Waals surface area contributed by atoms with Gasteiger partial charge in [0.1, 0.15) is 0 Å². The normalized spacial score (nSPS) is 13.3. The molecule has 4 nitrogen and oxygen atoms in total. The number of nitrogens with one attached hydrogen (secondary N) is 1. The molecule has 2 heterocycles. The molecule has 0 fully saturated rings. The Bertz CT molecular complexity index is 2540. The van der Waals surface area contributed by atoms with Crippen LogP contribution in [0.3, 0.4) is 0 Å². The van der Waals surface area contributed by atoms with Gasteiger partial charge in [-0.05, 0) is 72.8 Å². The molecule has 0 amide bonds. The maximum absolute atomic E-state index is 7.25. The van der Waals surface area contributed by atoms with E-state index in [1.54, 1.807) is 0 Å². The van der Waals surface area contributed by atoms with Gasteiger partial charge in [-0.3, -0.25) is 0 Å². The van der Waals surface area contributed by atoms with E-state index in [2.05, 4.69) is 166 Å². The summed E-state index contributed by atoms with van der Waals surface area (Å²) in [6.07, 6.45) is -0.651. The highest BCUT2D eigenvalue weighted by atomic mass is 79.9. The second-order valence-electron chi connectivity index (χ2n) is 12.6. The molecular weight excluding hydrogens is 1270 g/mol. The molecule has 0 saturated heterocycles. The maximum atomic E-state index is 7.25. The second kappa shape index (κ2) is 17.1. The van der Waals surface area contributed by atoms with Gasteiger partial charge in [-0.1, -0.05) is 199 Å². The van der Waals surface area contributed by atoms with E-state index in [0.717, 1.165) is 92.2 Å². The molecule has 0 atom stereocenters. The van der Waals surface area contributed by atoms with Crippen molar-refractivity contribution in [3.63, 3.8) is 0 Å². The Balaban J connectivity index is 1.53. The molecule has 1 aromatic heterocycles. The number of nitrogens with zero attached hydrogens (tertiary/aromatic N) is 3. The molecule has 0 aliphatic carbocycles. The maximum Gasteiger partial charge on any atom is 0.170 e. The first kappa shape index (κ1) is 41.0. The van der Waals surface area contributed by atoms with Crippen LogP contribution in [0.25, 0.3) is 33.9 Å². The van der Waals surface area contributed by atoms with Crippen LogP contribution in [-0.2, 0) is 0 Å². The summed E-state index contributed by atoms with van der Waals surface area (Å²) in [7, 11) is 0. The molecule has 6 aromatic carbocycles. The lowest BCUT2D eigenvalue weighted by molar-refractivity contribution is 0.699. The van der Waals surface area contributed by atoms with Crippen LogP contribution in [0.1, 0.15) is 23.1 Å². The van der Waals surface area contributed by atoms with Crippen molar-refractivity contribution in [2.45, 2.75) is 6.17 Å². The number of H-pyrrole nitrogens is 1. The first-order valence-corrected chi connectivity index (χ1v) is 23.7. The number of hydrogen-bond acceptors (Lipinski definition) is 3. The molecule has 280 valence electrons. The Morgan fingerprint density at radius 1 is 0.464 bits per heavy atom. The van der Waals surface area contributed by atoms with Gasteiger partial charge in [0.15, 0.2) is 12.0 Å². The van der Waals surface area contributed by atoms with Crippen molar-refractivity contribution in [1.82, 2.24) is 9.97 Å². The molecule has 0 saturated carbocycles. The van der Waals surface area contributed by atoms with Crippen LogP contribution in [0.4, 0.5) is 11.4 Å². The summed E-state index contributed by atoms with van der Waals surface area (Å²) < 4.78 is 7.29. The summed E-state index contributed by atoms with van der Waals surface area (Å²) in [5.41, 5.74) is 8.58. The molecule has 0 bridgehead atoms. The van der Waals surface area contributed by atoms with E-state index in [4.69, 9.17) is 28.2 Å². The highest BCUT2D eigenvalue weighted by Crippen LogP contribution is 2.56. The highest BCUT2D eigenvalue weighted by Gasteiger charge is 2.46. The summed E-state index contributed by atoms with van der Waals surface area (Å²) in [5, 5.41) is 1.13. The van der Waals surface area contributed by atoms with Crippen LogP contribution >= 0.6 is 151 Å². The number of anilines is 2. The lowest BCUT2D eigenvalue weighted by Crippen LogP contribution is -2.34. The van der Waals surface area contributed by atoms with E-state index in [9.17, 15) is 0 Å². The lowest BCUT2D eigenvalue weighted by atomic mass is 10.0. The Morgan fingerprint density at radius 3 is 1.23 bits per heavy atom. The summed E-state index contributed by atoms with van der Waals surface area (Å²) in [4.78, 5) is 13.9. The third kappa shape index (κ3) is 7.86. The fourth-order valence-corrected chi connectivity index (χ4v) is 12.2. The minimum Gasteiger partial charge on any atom is -0.338 e. The van der Waals surface area contributed by atoms with Crippen LogP contribution in [-0.4, -0.2) is 9.97 Å². The van der Waals surface area contributed by atoms with Crippen molar-refractivity contribution in [2.24, 2.45) is 0 Å². The lowest BCUT2D eigenvalue weighted by Gasteiger charge is -2.35. The van der Waals surface area contributed by atoms with Crippen LogP contribution < -0.4 is 9.80 Å². The fraction of sp³-hybridized carbons (Fsp3) is 0.0238. The van der Waals surface area contributed by atoms with Gasteiger partial charge in [-0.25, -0.2) is 4.98 Å². The average molecular weight is 1290 g/mol. The number of para-hydroxylation sites is 2. The van der Waals surface area contributed by atoms with Crippen LogP contribution in [0.15, 0.2) is 157 Å². The zero-order chi connectivity index (χ0) is 39.4. The predicted octanol–water partition coefficient (Wildman–Crippen LogP) is 17.7. The van der Waals surface area contributed by atoms with Crippen LogP contribution in [0.5, 0.6) is 0 Å². The van der Waals surface area contributed by atoms with Crippen LogP contribution in [0, 0.1) is 0 Å². The molecule has 1 aliphatic rings. The van der Waals surface area contributed by atoms with E-state index in [-0.39, 0.29) is 0 Å². The number of rotatable bonds is 7. The van der Waals surface area contributed by atoms with Gasteiger partial charge in [0.25, 0.3) is 0 Å². The summed E-state index contributed by atoms with van der Waals surface area (Å²) in [6.45, 7) is 0. The van der Waals surface area contributed by atoms with Gasteiger partial charge in [-0.2, -0.15) is 0 Å². The predicted molar refractivity (Wildman–Crippen MR) is 261 cm³/mol. The van der Waals surface area contributed by atoms with Gasteiger partial charge < -0.3 is 14.8 Å². The van der Waals surface area contributed by atoms with Crippen molar-refractivity contribution in [3.8, 4) is 22.5 Å². The Labute approximate surface area is 401 Å². The SMILES string of the molecule is Clc1ccccc1N1C(c2ccc(Br)cc2Br)=C(c2ccc(Br)cc2Br)N(c2ccccc2Cl)C1c1nc(-c2ccc(Br)cc2Br)c(-c2ccc(Br)cc2Br)[nH]1. The summed E-state index contributed by atoms with van der Waals surface area (Å²) in [6, 6.07) is 40.4. The van der Waals surface area contributed by atoms with E-state index >= 15 is 0 Å². The van der Waals surface area contributed by atoms with E-state index < -0.39 is 6.17 Å². The zero-order valence-corrected chi connectivity index (χ0v) is 42.4. The molecule has 1 N–H and O–H groups in total. The van der Waals surface area contributed by atoms with Gasteiger partial charge >= 0.3 is 0 Å². The van der Waals surface area contributed by atoms with Crippen molar-refractivity contribution in [3.05, 3.63) is 184 Å². The second-order valence-corrected chi connectivity index (χ2v) is 20.5. The average Bonchev–Trinajstić information content (AvgIpc) is 3.72. The number of aromatic amines is 1. The van der Waals surface area contributed by atoms with Gasteiger partial charge in [-0.15, -0.1) is 0 Å². The zero-order valence-electron chi connectivity index (χ0n) is 28.2. The van der Waals surface area contributed by atoms with Crippen LogP contribution in [0.2, 0.25) is 10.0 Å². The minimum absolute atomic E-state index is 0.566. The standard InChI is InChI=1S/C42H22Br8Cl2N4/c43-21-9-13-25(29(47)17-21)37-38(26-14-10-22(44)18-30(26)48)54-41(53-37)42-55(35-7-3-1-5-33(35)51)39(27-15-11-23(45)19-31(27)49)40(28-16-12-24(46)20-32(28)50)56(42)36-8-4-2-6-34(36)52/h1-20,42H,(H,53,54). The first-order chi connectivity index (χ1) is 26.9. The Hall–Kier alpha value is -1.71. The fourth-order valence-electron chi connectivity index (χ4n) is 6.79. The summed E-state index contributed by atoms with van der Waals surface area (Å²) in [5.74, 6) is 0.647. The number of aromatic nitrogens is 2. The highest BCUT2D eigenvalue weighted by molar-refractivity contribution is 9.12.